The van der Waals surface area contributed by atoms with Crippen LogP contribution < -0.4 is 5.32 Å². The highest BCUT2D eigenvalue weighted by atomic mass is 32.2. The average Bonchev–Trinajstić information content (AvgIpc) is 3.10. The Kier molecular flexibility index (Phi) is 5.45. The number of hydrogen-bond donors (Lipinski definition) is 1. The van der Waals surface area contributed by atoms with Crippen molar-refractivity contribution in [2.24, 2.45) is 0 Å². The van der Waals surface area contributed by atoms with Crippen molar-refractivity contribution in [3.63, 3.8) is 0 Å². The van der Waals surface area contributed by atoms with Crippen molar-refractivity contribution in [3.8, 4) is 0 Å². The van der Waals surface area contributed by atoms with Crippen molar-refractivity contribution >= 4 is 32.7 Å². The summed E-state index contributed by atoms with van der Waals surface area (Å²) >= 11 is 0. The number of amides is 1. The Labute approximate surface area is 162 Å². The van der Waals surface area contributed by atoms with E-state index in [4.69, 9.17) is 4.84 Å². The maximum Gasteiger partial charge on any atom is 0.264 e. The van der Waals surface area contributed by atoms with E-state index in [-0.39, 0.29) is 16.8 Å². The minimum Gasteiger partial charge on any atom is -0.321 e. The molecule has 0 aliphatic carbocycles. The number of sulfonamides is 1. The van der Waals surface area contributed by atoms with E-state index in [0.717, 1.165) is 15.5 Å². The lowest BCUT2D eigenvalue weighted by atomic mass is 10.2. The molecule has 28 heavy (non-hydrogen) atoms. The third kappa shape index (κ3) is 3.75. The highest BCUT2D eigenvalue weighted by molar-refractivity contribution is 7.89. The molecule has 0 bridgehead atoms. The molecule has 9 nitrogen and oxygen atoms in total. The van der Waals surface area contributed by atoms with Gasteiger partial charge in [0.05, 0.1) is 30.1 Å². The van der Waals surface area contributed by atoms with E-state index in [1.807, 2.05) is 13.8 Å². The topological polar surface area (TPSA) is 106 Å². The van der Waals surface area contributed by atoms with Crippen LogP contribution in [0.4, 0.5) is 5.69 Å². The monoisotopic (exact) mass is 403 g/mol. The number of fused-ring (bicyclic) bond motifs is 1. The van der Waals surface area contributed by atoms with Gasteiger partial charge >= 0.3 is 0 Å². The number of hydroxylamine groups is 1. The summed E-state index contributed by atoms with van der Waals surface area (Å²) in [6, 6.07) is 7.56. The maximum absolute atomic E-state index is 12.5. The molecule has 0 saturated carbocycles. The summed E-state index contributed by atoms with van der Waals surface area (Å²) in [7, 11) is -1.21. The van der Waals surface area contributed by atoms with Crippen LogP contribution in [-0.2, 0) is 14.9 Å². The van der Waals surface area contributed by atoms with Crippen LogP contribution in [0.25, 0.3) is 11.0 Å². The molecular weight excluding hydrogens is 382 g/mol. The fraction of sp³-hybridized carbons (Fsp3) is 0.278. The SMILES string of the molecule is CON(C)S(=O)(=O)c1ccc(C(=O)Nc2cnc3c(cnn3C(C)C)c2)cc1. The highest BCUT2D eigenvalue weighted by Gasteiger charge is 2.21. The van der Waals surface area contributed by atoms with Crippen LogP contribution >= 0.6 is 0 Å². The first-order chi connectivity index (χ1) is 13.2. The van der Waals surface area contributed by atoms with Gasteiger partial charge in [-0.05, 0) is 44.2 Å². The highest BCUT2D eigenvalue weighted by Crippen LogP contribution is 2.20. The second kappa shape index (κ2) is 7.66. The van der Waals surface area contributed by atoms with Crippen molar-refractivity contribution < 1.29 is 18.0 Å². The molecule has 0 saturated heterocycles. The molecule has 1 aromatic carbocycles. The van der Waals surface area contributed by atoms with E-state index >= 15 is 0 Å². The molecule has 3 rings (SSSR count). The Bertz CT molecular complexity index is 1110. The van der Waals surface area contributed by atoms with E-state index < -0.39 is 10.0 Å². The Morgan fingerprint density at radius 2 is 1.89 bits per heavy atom. The fourth-order valence-corrected chi connectivity index (χ4v) is 3.59. The molecule has 0 fully saturated rings. The smallest absolute Gasteiger partial charge is 0.264 e. The number of anilines is 1. The number of hydrogen-bond acceptors (Lipinski definition) is 6. The second-order valence-corrected chi connectivity index (χ2v) is 8.33. The summed E-state index contributed by atoms with van der Waals surface area (Å²) < 4.78 is 26.9. The number of rotatable bonds is 6. The molecule has 0 aliphatic rings. The van der Waals surface area contributed by atoms with E-state index in [1.165, 1.54) is 38.4 Å². The lowest BCUT2D eigenvalue weighted by Gasteiger charge is -2.14. The lowest BCUT2D eigenvalue weighted by Crippen LogP contribution is -2.25. The van der Waals surface area contributed by atoms with Crippen LogP contribution in [0.15, 0.2) is 47.6 Å². The van der Waals surface area contributed by atoms with Gasteiger partial charge in [0.25, 0.3) is 15.9 Å². The molecule has 0 unspecified atom stereocenters. The number of aromatic nitrogens is 3. The molecule has 0 radical (unpaired) electrons. The standard InChI is InChI=1S/C18H21N5O4S/c1-12(2)23-17-14(10-20-23)9-15(11-19-17)21-18(24)13-5-7-16(8-6-13)28(25,26)22(3)27-4/h5-12H,1-4H3,(H,21,24). The van der Waals surface area contributed by atoms with Crippen LogP contribution in [0, 0.1) is 0 Å². The number of pyridine rings is 1. The van der Waals surface area contributed by atoms with Gasteiger partial charge in [-0.2, -0.15) is 5.10 Å². The predicted octanol–water partition coefficient (Wildman–Crippen LogP) is 2.45. The lowest BCUT2D eigenvalue weighted by molar-refractivity contribution is -0.0258. The molecule has 0 spiro atoms. The molecular formula is C18H21N5O4S. The largest absolute Gasteiger partial charge is 0.321 e. The van der Waals surface area contributed by atoms with Gasteiger partial charge in [0, 0.05) is 24.0 Å². The molecule has 148 valence electrons. The first-order valence-corrected chi connectivity index (χ1v) is 9.95. The molecule has 2 aromatic heterocycles. The summed E-state index contributed by atoms with van der Waals surface area (Å²) in [4.78, 5) is 21.6. The van der Waals surface area contributed by atoms with Crippen LogP contribution in [0.3, 0.4) is 0 Å². The average molecular weight is 403 g/mol. The molecule has 1 amide bonds. The number of carbonyl (C=O) groups excluding carboxylic acids is 1. The van der Waals surface area contributed by atoms with Crippen molar-refractivity contribution in [2.45, 2.75) is 24.8 Å². The Morgan fingerprint density at radius 3 is 2.50 bits per heavy atom. The molecule has 10 heteroatoms. The van der Waals surface area contributed by atoms with Gasteiger partial charge in [-0.25, -0.2) is 18.1 Å². The van der Waals surface area contributed by atoms with Gasteiger partial charge in [-0.3, -0.25) is 9.63 Å². The minimum absolute atomic E-state index is 0.0255. The molecule has 1 N–H and O–H groups in total. The number of benzene rings is 1. The quantitative estimate of drug-likeness (QED) is 0.634. The molecule has 0 aliphatic heterocycles. The van der Waals surface area contributed by atoms with Gasteiger partial charge in [-0.1, -0.05) is 4.47 Å². The summed E-state index contributed by atoms with van der Waals surface area (Å²) in [5.74, 6) is -0.374. The van der Waals surface area contributed by atoms with Gasteiger partial charge in [-0.15, -0.1) is 0 Å². The van der Waals surface area contributed by atoms with Gasteiger partial charge < -0.3 is 5.32 Å². The van der Waals surface area contributed by atoms with Crippen molar-refractivity contribution in [1.82, 2.24) is 19.2 Å². The Morgan fingerprint density at radius 1 is 1.21 bits per heavy atom. The molecule has 3 aromatic rings. The van der Waals surface area contributed by atoms with E-state index in [2.05, 4.69) is 15.4 Å². The van der Waals surface area contributed by atoms with Gasteiger partial charge in [0.15, 0.2) is 5.65 Å². The zero-order valence-corrected chi connectivity index (χ0v) is 16.8. The summed E-state index contributed by atoms with van der Waals surface area (Å²) in [5, 5.41) is 7.87. The van der Waals surface area contributed by atoms with Crippen molar-refractivity contribution in [3.05, 3.63) is 48.3 Å². The van der Waals surface area contributed by atoms with Crippen molar-refractivity contribution in [1.29, 1.82) is 0 Å². The normalized spacial score (nSPS) is 12.1. The Balaban J connectivity index is 1.79. The summed E-state index contributed by atoms with van der Waals surface area (Å²) in [6.07, 6.45) is 3.26. The van der Waals surface area contributed by atoms with Crippen LogP contribution in [0.1, 0.15) is 30.2 Å². The number of nitrogens with one attached hydrogen (secondary N) is 1. The summed E-state index contributed by atoms with van der Waals surface area (Å²) in [6.45, 7) is 4.02. The maximum atomic E-state index is 12.5. The first kappa shape index (κ1) is 19.9. The van der Waals surface area contributed by atoms with E-state index in [0.29, 0.717) is 11.3 Å². The van der Waals surface area contributed by atoms with E-state index in [1.54, 1.807) is 23.1 Å². The molecule has 2 heterocycles. The second-order valence-electron chi connectivity index (χ2n) is 6.40. The number of nitrogens with zero attached hydrogens (tertiary/aromatic N) is 4. The van der Waals surface area contributed by atoms with Crippen LogP contribution in [0.5, 0.6) is 0 Å². The minimum atomic E-state index is -3.76. The number of carbonyl (C=O) groups is 1. The zero-order valence-electron chi connectivity index (χ0n) is 15.9. The molecule has 0 atom stereocenters. The zero-order chi connectivity index (χ0) is 20.5. The van der Waals surface area contributed by atoms with Crippen molar-refractivity contribution in [2.75, 3.05) is 19.5 Å². The van der Waals surface area contributed by atoms with E-state index in [9.17, 15) is 13.2 Å². The third-order valence-electron chi connectivity index (χ3n) is 4.19. The Hall–Kier alpha value is -2.82. The van der Waals surface area contributed by atoms with Gasteiger partial charge in [0.1, 0.15) is 0 Å². The summed E-state index contributed by atoms with van der Waals surface area (Å²) in [5.41, 5.74) is 1.58. The van der Waals surface area contributed by atoms with Crippen LogP contribution in [-0.4, -0.2) is 47.7 Å². The predicted molar refractivity (Wildman–Crippen MR) is 104 cm³/mol. The fourth-order valence-electron chi connectivity index (χ4n) is 2.61. The first-order valence-electron chi connectivity index (χ1n) is 8.51. The van der Waals surface area contributed by atoms with Gasteiger partial charge in [0.2, 0.25) is 0 Å². The van der Waals surface area contributed by atoms with Crippen LogP contribution in [0.2, 0.25) is 0 Å². The third-order valence-corrected chi connectivity index (χ3v) is 5.88.